The number of ether oxygens (including phenoxy) is 1. The van der Waals surface area contributed by atoms with Gasteiger partial charge in [-0.25, -0.2) is 0 Å². The van der Waals surface area contributed by atoms with E-state index >= 15 is 0 Å². The van der Waals surface area contributed by atoms with Crippen LogP contribution in [0.2, 0.25) is 0 Å². The lowest BCUT2D eigenvalue weighted by Crippen LogP contribution is -2.48. The molecular formula is C13H12N8O3S. The first-order chi connectivity index (χ1) is 12.1. The van der Waals surface area contributed by atoms with Gasteiger partial charge in [-0.1, -0.05) is 5.10 Å². The SMILES string of the molecule is COc1nnc(N/N=c2\ccc(=O)/c(=N\Nc3ccnn3C)c2=O)s1. The Balaban J connectivity index is 1.94. The number of rotatable bonds is 5. The molecule has 0 spiro atoms. The number of hydrogen-bond donors (Lipinski definition) is 2. The third kappa shape index (κ3) is 3.58. The fraction of sp³-hybridized carbons (Fsp3) is 0.154. The lowest BCUT2D eigenvalue weighted by atomic mass is 10.3. The van der Waals surface area contributed by atoms with Crippen molar-refractivity contribution in [2.45, 2.75) is 0 Å². The Labute approximate surface area is 143 Å². The number of benzene rings is 1. The molecule has 0 radical (unpaired) electrons. The fourth-order valence-corrected chi connectivity index (χ4v) is 2.28. The monoisotopic (exact) mass is 360 g/mol. The molecule has 0 atom stereocenters. The number of anilines is 2. The first-order valence-corrected chi connectivity index (χ1v) is 7.70. The Morgan fingerprint density at radius 3 is 2.68 bits per heavy atom. The average Bonchev–Trinajstić information content (AvgIpc) is 3.23. The number of methoxy groups -OCH3 is 1. The van der Waals surface area contributed by atoms with Gasteiger partial charge in [0.05, 0.1) is 13.3 Å². The lowest BCUT2D eigenvalue weighted by Gasteiger charge is -1.98. The lowest BCUT2D eigenvalue weighted by molar-refractivity contribution is 0.407. The first-order valence-electron chi connectivity index (χ1n) is 6.88. The van der Waals surface area contributed by atoms with Crippen molar-refractivity contribution in [2.24, 2.45) is 17.3 Å². The Kier molecular flexibility index (Phi) is 4.61. The van der Waals surface area contributed by atoms with E-state index in [2.05, 4.69) is 36.4 Å². The summed E-state index contributed by atoms with van der Waals surface area (Å²) in [6.45, 7) is 0. The smallest absolute Gasteiger partial charge is 0.295 e. The largest absolute Gasteiger partial charge is 0.472 e. The Hall–Kier alpha value is -3.41. The van der Waals surface area contributed by atoms with Gasteiger partial charge in [0, 0.05) is 13.1 Å². The van der Waals surface area contributed by atoms with Crippen LogP contribution in [0.4, 0.5) is 10.9 Å². The van der Waals surface area contributed by atoms with E-state index in [4.69, 9.17) is 4.74 Å². The predicted molar refractivity (Wildman–Crippen MR) is 89.4 cm³/mol. The van der Waals surface area contributed by atoms with Crippen molar-refractivity contribution in [2.75, 3.05) is 18.0 Å². The second kappa shape index (κ2) is 7.00. The molecular weight excluding hydrogens is 348 g/mol. The first kappa shape index (κ1) is 16.4. The molecule has 0 aliphatic carbocycles. The highest BCUT2D eigenvalue weighted by Crippen LogP contribution is 2.20. The average molecular weight is 360 g/mol. The Bertz CT molecular complexity index is 1110. The van der Waals surface area contributed by atoms with Crippen LogP contribution in [0.5, 0.6) is 5.19 Å². The molecule has 0 saturated heterocycles. The quantitative estimate of drug-likeness (QED) is 0.538. The summed E-state index contributed by atoms with van der Waals surface area (Å²) in [4.78, 5) is 24.3. The molecule has 0 amide bonds. The molecule has 2 aromatic heterocycles. The zero-order chi connectivity index (χ0) is 17.8. The van der Waals surface area contributed by atoms with Gasteiger partial charge in [-0.05, 0) is 23.5 Å². The molecule has 11 nitrogen and oxygen atoms in total. The van der Waals surface area contributed by atoms with Gasteiger partial charge in [0.1, 0.15) is 11.2 Å². The van der Waals surface area contributed by atoms with Crippen molar-refractivity contribution in [1.29, 1.82) is 0 Å². The van der Waals surface area contributed by atoms with E-state index in [1.807, 2.05) is 0 Å². The van der Waals surface area contributed by atoms with Gasteiger partial charge in [0.25, 0.3) is 5.19 Å². The van der Waals surface area contributed by atoms with Crippen molar-refractivity contribution in [3.63, 3.8) is 0 Å². The summed E-state index contributed by atoms with van der Waals surface area (Å²) < 4.78 is 6.42. The van der Waals surface area contributed by atoms with E-state index in [1.165, 1.54) is 23.9 Å². The molecule has 0 bridgehead atoms. The highest BCUT2D eigenvalue weighted by atomic mass is 32.1. The highest BCUT2D eigenvalue weighted by molar-refractivity contribution is 7.16. The molecule has 2 heterocycles. The van der Waals surface area contributed by atoms with Gasteiger partial charge in [-0.3, -0.25) is 25.1 Å². The van der Waals surface area contributed by atoms with Crippen LogP contribution in [0.15, 0.2) is 44.2 Å². The van der Waals surface area contributed by atoms with Crippen molar-refractivity contribution in [1.82, 2.24) is 20.0 Å². The molecule has 3 rings (SSSR count). The van der Waals surface area contributed by atoms with Gasteiger partial charge in [0.2, 0.25) is 16.0 Å². The summed E-state index contributed by atoms with van der Waals surface area (Å²) in [5, 5.41) is 19.7. The normalized spacial score (nSPS) is 12.4. The molecule has 0 aliphatic rings. The molecule has 0 unspecified atom stereocenters. The second-order valence-corrected chi connectivity index (χ2v) is 5.57. The summed E-state index contributed by atoms with van der Waals surface area (Å²) in [5.41, 5.74) is 4.09. The molecule has 1 aromatic carbocycles. The molecule has 12 heteroatoms. The maximum absolute atomic E-state index is 12.4. The van der Waals surface area contributed by atoms with Gasteiger partial charge >= 0.3 is 0 Å². The molecule has 0 fully saturated rings. The van der Waals surface area contributed by atoms with Gasteiger partial charge in [-0.2, -0.15) is 15.3 Å². The van der Waals surface area contributed by atoms with E-state index in [0.29, 0.717) is 16.1 Å². The van der Waals surface area contributed by atoms with Crippen LogP contribution >= 0.6 is 11.3 Å². The number of nitrogens with zero attached hydrogens (tertiary/aromatic N) is 6. The number of nitrogens with one attached hydrogen (secondary N) is 2. The Morgan fingerprint density at radius 2 is 2.00 bits per heavy atom. The van der Waals surface area contributed by atoms with Crippen molar-refractivity contribution >= 4 is 22.3 Å². The summed E-state index contributed by atoms with van der Waals surface area (Å²) in [5.74, 6) is 0.528. The number of aryl methyl sites for hydroxylation is 1. The minimum Gasteiger partial charge on any atom is -0.472 e. The molecule has 3 aromatic rings. The van der Waals surface area contributed by atoms with Crippen molar-refractivity contribution in [3.05, 3.63) is 55.6 Å². The van der Waals surface area contributed by atoms with E-state index in [1.54, 1.807) is 19.3 Å². The molecule has 128 valence electrons. The van der Waals surface area contributed by atoms with E-state index < -0.39 is 10.9 Å². The van der Waals surface area contributed by atoms with Crippen molar-refractivity contribution < 1.29 is 4.74 Å². The minimum atomic E-state index is -0.619. The van der Waals surface area contributed by atoms with Crippen LogP contribution in [-0.2, 0) is 7.05 Å². The van der Waals surface area contributed by atoms with Gasteiger partial charge < -0.3 is 4.74 Å². The van der Waals surface area contributed by atoms with Gasteiger partial charge in [-0.15, -0.1) is 5.10 Å². The summed E-state index contributed by atoms with van der Waals surface area (Å²) >= 11 is 1.12. The summed E-state index contributed by atoms with van der Waals surface area (Å²) in [6, 6.07) is 4.17. The molecule has 0 saturated carbocycles. The third-order valence-corrected chi connectivity index (χ3v) is 3.82. The molecule has 25 heavy (non-hydrogen) atoms. The molecule has 0 aliphatic heterocycles. The second-order valence-electron chi connectivity index (χ2n) is 4.63. The zero-order valence-electron chi connectivity index (χ0n) is 13.1. The van der Waals surface area contributed by atoms with E-state index in [0.717, 1.165) is 11.3 Å². The van der Waals surface area contributed by atoms with Crippen LogP contribution in [-0.4, -0.2) is 27.1 Å². The number of hydrogen-bond acceptors (Lipinski definition) is 11. The maximum atomic E-state index is 12.4. The van der Waals surface area contributed by atoms with E-state index in [-0.39, 0.29) is 10.7 Å². The standard InChI is InChI=1S/C13H12N8O3S/c1-21-9(5-6-14-21)16-17-10-8(22)4-3-7(11(10)23)15-18-12-19-20-13(24-2)25-12/h3-6,16H,1-2H3,(H,18,19)/b15-7+,17-10+. The third-order valence-electron chi connectivity index (χ3n) is 3.03. The van der Waals surface area contributed by atoms with Crippen LogP contribution in [0.25, 0.3) is 0 Å². The fourth-order valence-electron chi connectivity index (χ4n) is 1.78. The highest BCUT2D eigenvalue weighted by Gasteiger charge is 2.04. The zero-order valence-corrected chi connectivity index (χ0v) is 13.9. The van der Waals surface area contributed by atoms with Crippen LogP contribution in [0.3, 0.4) is 0 Å². The van der Waals surface area contributed by atoms with Crippen LogP contribution < -0.4 is 37.2 Å². The maximum Gasteiger partial charge on any atom is 0.295 e. The number of aromatic nitrogens is 4. The summed E-state index contributed by atoms with van der Waals surface area (Å²) in [6.07, 6.45) is 1.56. The van der Waals surface area contributed by atoms with Crippen LogP contribution in [0.1, 0.15) is 0 Å². The topological polar surface area (TPSA) is 136 Å². The van der Waals surface area contributed by atoms with Gasteiger partial charge in [0.15, 0.2) is 5.36 Å². The summed E-state index contributed by atoms with van der Waals surface area (Å²) in [7, 11) is 3.16. The minimum absolute atomic E-state index is 0.0133. The van der Waals surface area contributed by atoms with Crippen LogP contribution in [0, 0.1) is 0 Å². The Morgan fingerprint density at radius 1 is 1.16 bits per heavy atom. The predicted octanol–water partition coefficient (Wildman–Crippen LogP) is -1.27. The molecule has 2 N–H and O–H groups in total. The van der Waals surface area contributed by atoms with Crippen molar-refractivity contribution in [3.8, 4) is 5.19 Å². The van der Waals surface area contributed by atoms with E-state index in [9.17, 15) is 9.59 Å².